The topological polar surface area (TPSA) is 24.7 Å². The molecule has 0 heterocycles. The zero-order chi connectivity index (χ0) is 19.9. The van der Waals surface area contributed by atoms with Crippen molar-refractivity contribution in [2.45, 2.75) is 0 Å². The molecular weight excluding hydrogens is 364 g/mol. The fourth-order valence-electron chi connectivity index (χ4n) is 4.43. The molecule has 0 saturated carbocycles. The summed E-state index contributed by atoms with van der Waals surface area (Å²) in [5.74, 6) is 0. The van der Waals surface area contributed by atoms with E-state index in [1.165, 1.54) is 32.7 Å². The van der Waals surface area contributed by atoms with Crippen LogP contribution in [0.3, 0.4) is 0 Å². The first-order chi connectivity index (χ1) is 14.9. The van der Waals surface area contributed by atoms with Crippen LogP contribution in [0.1, 0.15) is 16.7 Å². The molecule has 0 fully saturated rings. The molecule has 0 aromatic heterocycles. The van der Waals surface area contributed by atoms with E-state index < -0.39 is 0 Å². The van der Waals surface area contributed by atoms with Gasteiger partial charge in [0, 0.05) is 16.7 Å². The maximum atomic E-state index is 4.70. The maximum absolute atomic E-state index is 4.70. The van der Waals surface area contributed by atoms with Crippen LogP contribution in [0.2, 0.25) is 0 Å². The third kappa shape index (κ3) is 2.58. The number of fused-ring (bicyclic) bond motifs is 5. The molecule has 0 bridgehead atoms. The molecule has 1 aliphatic rings. The summed E-state index contributed by atoms with van der Waals surface area (Å²) in [6.45, 7) is 0. The van der Waals surface area contributed by atoms with Gasteiger partial charge in [0.2, 0.25) is 0 Å². The fourth-order valence-corrected chi connectivity index (χ4v) is 4.43. The van der Waals surface area contributed by atoms with Crippen LogP contribution < -0.4 is 0 Å². The predicted molar refractivity (Wildman–Crippen MR) is 127 cm³/mol. The number of hydrogen-bond acceptors (Lipinski definition) is 2. The van der Waals surface area contributed by atoms with E-state index in [0.29, 0.717) is 0 Å². The minimum atomic E-state index is 0.932. The highest BCUT2D eigenvalue weighted by atomic mass is 15.2. The van der Waals surface area contributed by atoms with E-state index in [-0.39, 0.29) is 0 Å². The van der Waals surface area contributed by atoms with Gasteiger partial charge in [0.25, 0.3) is 0 Å². The minimum Gasteiger partial charge on any atom is -0.158 e. The van der Waals surface area contributed by atoms with E-state index in [9.17, 15) is 0 Å². The van der Waals surface area contributed by atoms with Crippen molar-refractivity contribution in [2.75, 3.05) is 0 Å². The number of hydrogen-bond donors (Lipinski definition) is 0. The lowest BCUT2D eigenvalue weighted by Gasteiger charge is -2.07. The minimum absolute atomic E-state index is 0.932. The Bertz CT molecular complexity index is 1390. The second-order valence-corrected chi connectivity index (χ2v) is 7.52. The molecule has 5 aromatic rings. The zero-order valence-corrected chi connectivity index (χ0v) is 16.3. The third-order valence-corrected chi connectivity index (χ3v) is 5.81. The molecule has 0 amide bonds. The number of benzene rings is 5. The lowest BCUT2D eigenvalue weighted by atomic mass is 9.97. The van der Waals surface area contributed by atoms with Gasteiger partial charge in [0.15, 0.2) is 0 Å². The van der Waals surface area contributed by atoms with Gasteiger partial charge in [-0.15, -0.1) is 5.10 Å². The average Bonchev–Trinajstić information content (AvgIpc) is 3.12. The van der Waals surface area contributed by atoms with Gasteiger partial charge in [-0.1, -0.05) is 97.1 Å². The van der Waals surface area contributed by atoms with Crippen LogP contribution in [0.4, 0.5) is 0 Å². The van der Waals surface area contributed by atoms with Crippen molar-refractivity contribution in [1.82, 2.24) is 0 Å². The van der Waals surface area contributed by atoms with Gasteiger partial charge in [0.1, 0.15) is 5.71 Å². The molecule has 0 aliphatic heterocycles. The molecule has 0 spiro atoms. The summed E-state index contributed by atoms with van der Waals surface area (Å²) < 4.78 is 0. The van der Waals surface area contributed by atoms with E-state index in [1.807, 2.05) is 6.21 Å². The van der Waals surface area contributed by atoms with Crippen molar-refractivity contribution in [3.8, 4) is 11.1 Å². The molecule has 140 valence electrons. The van der Waals surface area contributed by atoms with E-state index in [0.717, 1.165) is 22.4 Å². The summed E-state index contributed by atoms with van der Waals surface area (Å²) in [6.07, 6.45) is 1.90. The molecule has 0 saturated heterocycles. The molecule has 30 heavy (non-hydrogen) atoms. The molecule has 0 N–H and O–H groups in total. The van der Waals surface area contributed by atoms with Crippen LogP contribution >= 0.6 is 0 Å². The Hall–Kier alpha value is -4.04. The van der Waals surface area contributed by atoms with Crippen molar-refractivity contribution in [1.29, 1.82) is 0 Å². The van der Waals surface area contributed by atoms with Crippen molar-refractivity contribution in [2.24, 2.45) is 10.2 Å². The Kier molecular flexibility index (Phi) is 3.82. The highest BCUT2D eigenvalue weighted by Gasteiger charge is 2.23. The highest BCUT2D eigenvalue weighted by molar-refractivity contribution is 6.24. The van der Waals surface area contributed by atoms with Crippen LogP contribution in [-0.4, -0.2) is 11.9 Å². The van der Waals surface area contributed by atoms with Gasteiger partial charge in [0.05, 0.1) is 6.21 Å². The Labute approximate surface area is 174 Å². The highest BCUT2D eigenvalue weighted by Crippen LogP contribution is 2.36. The summed E-state index contributed by atoms with van der Waals surface area (Å²) in [5, 5.41) is 14.1. The summed E-state index contributed by atoms with van der Waals surface area (Å²) in [6, 6.07) is 35.9. The van der Waals surface area contributed by atoms with Crippen LogP contribution in [0, 0.1) is 0 Å². The van der Waals surface area contributed by atoms with Crippen molar-refractivity contribution < 1.29 is 0 Å². The Morgan fingerprint density at radius 1 is 0.500 bits per heavy atom. The first-order valence-electron chi connectivity index (χ1n) is 10.1. The molecule has 6 rings (SSSR count). The standard InChI is InChI=1S/C28H18N2/c1-3-11-21-19(9-1)17-20-10-2-4-12-22(20)27(21)18-29-30-28-25-15-7-5-13-23(25)24-14-6-8-16-26(24)28/h1-18H/b29-18+. The number of rotatable bonds is 2. The lowest BCUT2D eigenvalue weighted by Crippen LogP contribution is -1.97. The first-order valence-corrected chi connectivity index (χ1v) is 10.1. The largest absolute Gasteiger partial charge is 0.158 e. The van der Waals surface area contributed by atoms with E-state index in [1.54, 1.807) is 0 Å². The van der Waals surface area contributed by atoms with Gasteiger partial charge in [-0.3, -0.25) is 0 Å². The van der Waals surface area contributed by atoms with Gasteiger partial charge in [-0.05, 0) is 38.7 Å². The third-order valence-electron chi connectivity index (χ3n) is 5.81. The van der Waals surface area contributed by atoms with Crippen molar-refractivity contribution >= 4 is 33.5 Å². The number of nitrogens with zero attached hydrogens (tertiary/aromatic N) is 2. The summed E-state index contributed by atoms with van der Waals surface area (Å²) >= 11 is 0. The molecule has 2 heteroatoms. The molecule has 1 aliphatic carbocycles. The second-order valence-electron chi connectivity index (χ2n) is 7.52. The van der Waals surface area contributed by atoms with Crippen LogP contribution in [-0.2, 0) is 0 Å². The maximum Gasteiger partial charge on any atom is 0.101 e. The summed E-state index contributed by atoms with van der Waals surface area (Å²) in [7, 11) is 0. The van der Waals surface area contributed by atoms with E-state index >= 15 is 0 Å². The van der Waals surface area contributed by atoms with Crippen LogP contribution in [0.5, 0.6) is 0 Å². The molecule has 2 nitrogen and oxygen atoms in total. The SMILES string of the molecule is C(=N\N=C1c2ccccc2-c2ccccc21)/c1c2ccccc2cc2ccccc12. The van der Waals surface area contributed by atoms with Crippen LogP contribution in [0.25, 0.3) is 32.7 Å². The smallest absolute Gasteiger partial charge is 0.101 e. The molecule has 5 aromatic carbocycles. The quantitative estimate of drug-likeness (QED) is 0.178. The van der Waals surface area contributed by atoms with Crippen molar-refractivity contribution in [3.05, 3.63) is 120 Å². The Morgan fingerprint density at radius 3 is 1.53 bits per heavy atom. The van der Waals surface area contributed by atoms with E-state index in [4.69, 9.17) is 5.10 Å². The first kappa shape index (κ1) is 16.9. The molecule has 0 unspecified atom stereocenters. The normalized spacial score (nSPS) is 12.5. The predicted octanol–water partition coefficient (Wildman–Crippen LogP) is 6.84. The van der Waals surface area contributed by atoms with E-state index in [2.05, 4.69) is 108 Å². The van der Waals surface area contributed by atoms with Crippen molar-refractivity contribution in [3.63, 3.8) is 0 Å². The Morgan fingerprint density at radius 2 is 0.967 bits per heavy atom. The zero-order valence-electron chi connectivity index (χ0n) is 16.3. The molecule has 0 atom stereocenters. The van der Waals surface area contributed by atoms with Gasteiger partial charge in [-0.2, -0.15) is 5.10 Å². The van der Waals surface area contributed by atoms with Gasteiger partial charge < -0.3 is 0 Å². The fraction of sp³-hybridized carbons (Fsp3) is 0. The molecular formula is C28H18N2. The van der Waals surface area contributed by atoms with Gasteiger partial charge >= 0.3 is 0 Å². The van der Waals surface area contributed by atoms with Crippen LogP contribution in [0.15, 0.2) is 113 Å². The average molecular weight is 382 g/mol. The lowest BCUT2D eigenvalue weighted by molar-refractivity contribution is 1.25. The molecule has 0 radical (unpaired) electrons. The second kappa shape index (κ2) is 6.78. The Balaban J connectivity index is 1.53. The summed E-state index contributed by atoms with van der Waals surface area (Å²) in [4.78, 5) is 0. The van der Waals surface area contributed by atoms with Gasteiger partial charge in [-0.25, -0.2) is 0 Å². The monoisotopic (exact) mass is 382 g/mol. The summed E-state index contributed by atoms with van der Waals surface area (Å²) in [5.41, 5.74) is 6.75.